The van der Waals surface area contributed by atoms with E-state index in [1.807, 2.05) is 0 Å². The van der Waals surface area contributed by atoms with Crippen LogP contribution < -0.4 is 14.5 Å². The summed E-state index contributed by atoms with van der Waals surface area (Å²) in [6.07, 6.45) is 12.1. The van der Waals surface area contributed by atoms with Crippen LogP contribution in [-0.2, 0) is 28.7 Å². The van der Waals surface area contributed by atoms with E-state index < -0.39 is 69.5 Å². The average Bonchev–Trinajstić information content (AvgIpc) is 3.63. The van der Waals surface area contributed by atoms with Crippen molar-refractivity contribution in [3.8, 4) is 18.1 Å². The predicted octanol–water partition coefficient (Wildman–Crippen LogP) is 2.96. The van der Waals surface area contributed by atoms with Crippen LogP contribution in [0.2, 0.25) is 0 Å². The van der Waals surface area contributed by atoms with Gasteiger partial charge in [0.1, 0.15) is 16.8 Å². The van der Waals surface area contributed by atoms with Crippen molar-refractivity contribution in [3.05, 3.63) is 53.4 Å². The summed E-state index contributed by atoms with van der Waals surface area (Å²) in [4.78, 5) is 64.6. The molecule has 51 heavy (non-hydrogen) atoms. The number of aliphatic carboxylic acids is 1. The van der Waals surface area contributed by atoms with Gasteiger partial charge in [0.05, 0.1) is 35.5 Å². The molecular formula is C38H37FN2O10. The minimum Gasteiger partial charge on any atom is -0.481 e. The number of ether oxygens (including phenoxy) is 2. The number of halogens is 1. The highest BCUT2D eigenvalue weighted by Gasteiger charge is 2.83. The van der Waals surface area contributed by atoms with Crippen LogP contribution in [0.1, 0.15) is 58.3 Å². The zero-order valence-electron chi connectivity index (χ0n) is 27.9. The molecule has 8 atom stereocenters. The van der Waals surface area contributed by atoms with Crippen LogP contribution in [0, 0.1) is 46.7 Å². The van der Waals surface area contributed by atoms with Crippen molar-refractivity contribution >= 4 is 41.0 Å². The van der Waals surface area contributed by atoms with Crippen LogP contribution in [0.3, 0.4) is 0 Å². The first-order chi connectivity index (χ1) is 24.1. The smallest absolute Gasteiger partial charge is 0.316 e. The molecule has 1 saturated heterocycles. The summed E-state index contributed by atoms with van der Waals surface area (Å²) in [5, 5.41) is 31.6. The van der Waals surface area contributed by atoms with Crippen molar-refractivity contribution in [1.29, 1.82) is 0 Å². The zero-order valence-corrected chi connectivity index (χ0v) is 27.9. The van der Waals surface area contributed by atoms with Gasteiger partial charge in [0, 0.05) is 29.0 Å². The summed E-state index contributed by atoms with van der Waals surface area (Å²) in [6, 6.07) is 2.37. The van der Waals surface area contributed by atoms with Crippen molar-refractivity contribution in [2.45, 2.75) is 75.6 Å². The Morgan fingerprint density at radius 2 is 1.82 bits per heavy atom. The van der Waals surface area contributed by atoms with Gasteiger partial charge in [-0.1, -0.05) is 18.6 Å². The first-order valence-electron chi connectivity index (χ1n) is 17.2. The lowest BCUT2D eigenvalue weighted by atomic mass is 9.61. The van der Waals surface area contributed by atoms with Crippen molar-refractivity contribution < 1.29 is 53.2 Å². The van der Waals surface area contributed by atoms with E-state index in [9.17, 15) is 43.7 Å². The number of carbonyl (C=O) groups is 5. The van der Waals surface area contributed by atoms with Crippen LogP contribution >= 0.6 is 0 Å². The molecule has 3 amide bonds. The lowest BCUT2D eigenvalue weighted by molar-refractivity contribution is -0.163. The van der Waals surface area contributed by atoms with Crippen molar-refractivity contribution in [1.82, 2.24) is 0 Å². The maximum Gasteiger partial charge on any atom is 0.316 e. The summed E-state index contributed by atoms with van der Waals surface area (Å²) < 4.78 is 25.8. The Morgan fingerprint density at radius 3 is 2.47 bits per heavy atom. The minimum absolute atomic E-state index is 0.0170. The topological polar surface area (TPSA) is 171 Å². The molecule has 0 radical (unpaired) electrons. The monoisotopic (exact) mass is 700 g/mol. The maximum absolute atomic E-state index is 14.7. The van der Waals surface area contributed by atoms with Crippen molar-refractivity contribution in [3.63, 3.8) is 0 Å². The van der Waals surface area contributed by atoms with Gasteiger partial charge in [-0.25, -0.2) is 9.29 Å². The second kappa shape index (κ2) is 10.9. The number of aliphatic hydroxyl groups is 2. The van der Waals surface area contributed by atoms with E-state index in [0.29, 0.717) is 55.2 Å². The Kier molecular flexibility index (Phi) is 7.10. The number of carboxylic acid groups (broad SMARTS) is 1. The maximum atomic E-state index is 14.7. The highest BCUT2D eigenvalue weighted by molar-refractivity contribution is 6.33. The van der Waals surface area contributed by atoms with Crippen molar-refractivity contribution in [2.24, 2.45) is 28.6 Å². The highest BCUT2D eigenvalue weighted by Crippen LogP contribution is 2.77. The van der Waals surface area contributed by atoms with Crippen LogP contribution in [0.15, 0.2) is 47.6 Å². The van der Waals surface area contributed by atoms with Crippen LogP contribution in [0.25, 0.3) is 0 Å². The van der Waals surface area contributed by atoms with E-state index in [2.05, 4.69) is 12.5 Å². The molecule has 3 heterocycles. The van der Waals surface area contributed by atoms with Crippen molar-refractivity contribution in [2.75, 3.05) is 23.0 Å². The number of aliphatic hydroxyl groups excluding tert-OH is 1. The van der Waals surface area contributed by atoms with Gasteiger partial charge in [-0.2, -0.15) is 0 Å². The number of benzene rings is 1. The summed E-state index contributed by atoms with van der Waals surface area (Å²) in [7, 11) is 0. The van der Waals surface area contributed by atoms with Gasteiger partial charge < -0.3 is 24.8 Å². The number of hydrogen-bond donors (Lipinski definition) is 3. The number of nitrogens with zero attached hydrogens (tertiary/aromatic N) is 2. The van der Waals surface area contributed by atoms with E-state index in [0.717, 1.165) is 23.8 Å². The Labute approximate surface area is 292 Å². The van der Waals surface area contributed by atoms with E-state index in [4.69, 9.17) is 15.9 Å². The number of esters is 1. The summed E-state index contributed by atoms with van der Waals surface area (Å²) >= 11 is 0. The summed E-state index contributed by atoms with van der Waals surface area (Å²) in [5.74, 6) is -2.78. The molecule has 3 N–H and O–H groups in total. The average molecular weight is 701 g/mol. The molecular weight excluding hydrogens is 663 g/mol. The zero-order chi connectivity index (χ0) is 36.4. The molecule has 13 heteroatoms. The number of rotatable bonds is 3. The molecule has 9 rings (SSSR count). The van der Waals surface area contributed by atoms with E-state index in [1.165, 1.54) is 11.0 Å². The molecule has 3 aliphatic heterocycles. The van der Waals surface area contributed by atoms with Gasteiger partial charge >= 0.3 is 11.9 Å². The first kappa shape index (κ1) is 33.3. The number of fused-ring (bicyclic) bond motifs is 2. The molecule has 3 saturated carbocycles. The largest absolute Gasteiger partial charge is 0.481 e. The third-order valence-corrected chi connectivity index (χ3v) is 13.0. The molecule has 1 spiro atoms. The number of imide groups is 1. The summed E-state index contributed by atoms with van der Waals surface area (Å²) in [5.41, 5.74) is -2.30. The Morgan fingerprint density at radius 1 is 1.14 bits per heavy atom. The number of amides is 3. The number of anilines is 2. The number of carbonyl (C=O) groups excluding carboxylic acids is 4. The molecule has 4 bridgehead atoms. The van der Waals surface area contributed by atoms with E-state index in [1.54, 1.807) is 19.1 Å². The Hall–Kier alpha value is -4.80. The lowest BCUT2D eigenvalue weighted by Crippen LogP contribution is -2.50. The van der Waals surface area contributed by atoms with Crippen LogP contribution in [0.5, 0.6) is 5.75 Å². The second-order valence-electron chi connectivity index (χ2n) is 15.3. The third kappa shape index (κ3) is 4.17. The van der Waals surface area contributed by atoms with Gasteiger partial charge in [-0.15, -0.1) is 6.42 Å². The highest BCUT2D eigenvalue weighted by atomic mass is 19.1. The number of carboxylic acids is 1. The van der Waals surface area contributed by atoms with Gasteiger partial charge in [0.25, 0.3) is 17.7 Å². The Bertz CT molecular complexity index is 1950. The molecule has 0 aromatic heterocycles. The third-order valence-electron chi connectivity index (χ3n) is 13.0. The predicted molar refractivity (Wildman–Crippen MR) is 176 cm³/mol. The van der Waals surface area contributed by atoms with Crippen LogP contribution in [-0.4, -0.2) is 75.4 Å². The second-order valence-corrected chi connectivity index (χ2v) is 15.3. The molecule has 8 aliphatic rings. The molecule has 12 nitrogen and oxygen atoms in total. The fourth-order valence-electron chi connectivity index (χ4n) is 10.7. The standard InChI is InChI=1S/C19H15FN2O4.C19H22O6/c1-2-7-21-15-9-14(13(20)8-16(15)26-10-17(21)23)22-18(24)11-5-3-4-6-12(11)19(22)25;1-9-7-17-8-18(9,24)5-3-10(17)19-6-4-11(20)16(2,15(23)25-19)13(19)12(17)14(21)22/h1,8-9H,3-7,10H2;4,6,10-13,20,24H,1,3,5,7-8H2,2H3,(H,21,22)/t;10-,11+,12-,13-,16-,17+,18+,19-/m.1/s1. The Balaban J connectivity index is 0.000000147. The van der Waals surface area contributed by atoms with E-state index in [-0.39, 0.29) is 42.1 Å². The fourth-order valence-corrected chi connectivity index (χ4v) is 10.7. The van der Waals surface area contributed by atoms with Crippen LogP contribution in [0.4, 0.5) is 15.8 Å². The van der Waals surface area contributed by atoms with Gasteiger partial charge in [0.15, 0.2) is 12.4 Å². The molecule has 266 valence electrons. The fraction of sp³-hybridized carbons (Fsp3) is 0.500. The quantitative estimate of drug-likeness (QED) is 0.184. The number of terminal acetylenes is 1. The van der Waals surface area contributed by atoms with Gasteiger partial charge in [-0.05, 0) is 81.4 Å². The minimum atomic E-state index is -1.27. The molecule has 5 aliphatic carbocycles. The lowest BCUT2D eigenvalue weighted by Gasteiger charge is -2.44. The molecule has 1 aromatic carbocycles. The van der Waals surface area contributed by atoms with E-state index >= 15 is 0 Å². The SMILES string of the molecule is C#CCN1C(=O)COc2cc(F)c(N3C(=O)C4=C(CCCC4)C3=O)cc21.C=C1C[C@]23C[C@@]1(O)CC[C@H]2[C@@]12C=C[C@H](O)[C@@](C)(C(=O)O1)[C@H]2[C@@H]3C(=O)O. The normalized spacial score (nSPS) is 38.3. The van der Waals surface area contributed by atoms with Gasteiger partial charge in [-0.3, -0.25) is 28.9 Å². The van der Waals surface area contributed by atoms with Gasteiger partial charge in [0.2, 0.25) is 0 Å². The summed E-state index contributed by atoms with van der Waals surface area (Å²) in [6.45, 7) is 5.38. The number of hydrogen-bond acceptors (Lipinski definition) is 9. The molecule has 1 aromatic rings. The molecule has 0 unspecified atom stereocenters. The molecule has 4 fully saturated rings. The first-order valence-corrected chi connectivity index (χ1v) is 17.2.